The first-order valence-electron chi connectivity index (χ1n) is 14.3. The fourth-order valence-electron chi connectivity index (χ4n) is 5.58. The Balaban J connectivity index is 1.54. The van der Waals surface area contributed by atoms with Gasteiger partial charge in [0.1, 0.15) is 17.6 Å². The Morgan fingerprint density at radius 2 is 1.83 bits per heavy atom. The second-order valence-corrected chi connectivity index (χ2v) is 10.6. The van der Waals surface area contributed by atoms with Crippen LogP contribution < -0.4 is 14.2 Å². The van der Waals surface area contributed by atoms with E-state index in [0.717, 1.165) is 36.1 Å². The minimum absolute atomic E-state index is 0.0427. The second kappa shape index (κ2) is 12.5. The molecule has 1 fully saturated rings. The van der Waals surface area contributed by atoms with Crippen molar-refractivity contribution in [2.24, 2.45) is 0 Å². The Morgan fingerprint density at radius 1 is 1.02 bits per heavy atom. The number of nitrogens with zero attached hydrogens (tertiary/aromatic N) is 1. The van der Waals surface area contributed by atoms with Crippen molar-refractivity contribution in [2.45, 2.75) is 58.1 Å². The molecule has 0 bridgehead atoms. The van der Waals surface area contributed by atoms with Crippen molar-refractivity contribution in [3.63, 3.8) is 0 Å². The van der Waals surface area contributed by atoms with Crippen molar-refractivity contribution in [3.8, 4) is 17.2 Å². The van der Waals surface area contributed by atoms with Crippen LogP contribution in [-0.4, -0.2) is 48.1 Å². The number of likely N-dealkylation sites (tertiary alicyclic amines) is 1. The van der Waals surface area contributed by atoms with Gasteiger partial charge in [0, 0.05) is 18.5 Å². The highest BCUT2D eigenvalue weighted by molar-refractivity contribution is 6.46. The minimum Gasteiger partial charge on any atom is -0.507 e. The maximum atomic E-state index is 13.5. The summed E-state index contributed by atoms with van der Waals surface area (Å²) in [7, 11) is 1.57. The predicted molar refractivity (Wildman–Crippen MR) is 157 cm³/mol. The van der Waals surface area contributed by atoms with E-state index in [0.29, 0.717) is 48.6 Å². The summed E-state index contributed by atoms with van der Waals surface area (Å²) in [6, 6.07) is 19.9. The minimum atomic E-state index is -0.787. The fraction of sp³-hybridized carbons (Fsp3) is 0.353. The number of aliphatic hydroxyl groups is 1. The maximum Gasteiger partial charge on any atom is 0.295 e. The Bertz CT molecular complexity index is 1450. The lowest BCUT2D eigenvalue weighted by molar-refractivity contribution is -0.139. The van der Waals surface area contributed by atoms with Crippen LogP contribution in [0.2, 0.25) is 0 Å². The number of benzene rings is 3. The summed E-state index contributed by atoms with van der Waals surface area (Å²) in [6.45, 7) is 5.01. The molecular weight excluding hydrogens is 518 g/mol. The molecule has 2 aliphatic heterocycles. The normalized spacial score (nSPS) is 19.2. The highest BCUT2D eigenvalue weighted by atomic mass is 16.5. The van der Waals surface area contributed by atoms with Crippen LogP contribution in [0.1, 0.15) is 61.4 Å². The number of hydrogen-bond donors (Lipinski definition) is 1. The Morgan fingerprint density at radius 3 is 2.59 bits per heavy atom. The third kappa shape index (κ3) is 5.94. The standard InChI is InChI=1S/C34H37NO6/c1-4-5-9-18-40-28-15-12-24(21-29(28)39-3)31-30(32(36)25-13-14-27-26(20-25)19-22(2)41-27)33(37)34(38)35(31)17-16-23-10-7-6-8-11-23/h6-8,10-15,20-22,31,36H,4-5,9,16-19H2,1-3H3/b32-30-. The molecule has 1 N–H and O–H groups in total. The fourth-order valence-corrected chi connectivity index (χ4v) is 5.58. The highest BCUT2D eigenvalue weighted by Crippen LogP contribution is 2.43. The molecule has 1 saturated heterocycles. The molecule has 0 saturated carbocycles. The molecule has 2 unspecified atom stereocenters. The van der Waals surface area contributed by atoms with Crippen molar-refractivity contribution in [1.82, 2.24) is 4.90 Å². The van der Waals surface area contributed by atoms with Crippen molar-refractivity contribution in [3.05, 3.63) is 94.6 Å². The number of ketones is 1. The summed E-state index contributed by atoms with van der Waals surface area (Å²) in [5.74, 6) is 0.344. The maximum absolute atomic E-state index is 13.5. The number of methoxy groups -OCH3 is 1. The van der Waals surface area contributed by atoms with Gasteiger partial charge in [-0.25, -0.2) is 0 Å². The van der Waals surface area contributed by atoms with E-state index in [1.807, 2.05) is 61.5 Å². The zero-order chi connectivity index (χ0) is 28.9. The van der Waals surface area contributed by atoms with E-state index >= 15 is 0 Å². The van der Waals surface area contributed by atoms with Crippen molar-refractivity contribution < 1.29 is 28.9 Å². The number of Topliss-reactive ketones (excluding diaryl/α,β-unsaturated/α-hetero) is 1. The van der Waals surface area contributed by atoms with Crippen molar-refractivity contribution in [2.75, 3.05) is 20.3 Å². The molecule has 7 nitrogen and oxygen atoms in total. The van der Waals surface area contributed by atoms with Gasteiger partial charge in [0.2, 0.25) is 0 Å². The third-order valence-electron chi connectivity index (χ3n) is 7.70. The molecule has 214 valence electrons. The van der Waals surface area contributed by atoms with Crippen LogP contribution in [-0.2, 0) is 22.4 Å². The molecule has 2 aliphatic rings. The monoisotopic (exact) mass is 555 g/mol. The number of carbonyl (C=O) groups is 2. The topological polar surface area (TPSA) is 85.3 Å². The summed E-state index contributed by atoms with van der Waals surface area (Å²) in [5, 5.41) is 11.6. The van der Waals surface area contributed by atoms with Gasteiger partial charge in [-0.2, -0.15) is 0 Å². The van der Waals surface area contributed by atoms with Crippen LogP contribution in [0.3, 0.4) is 0 Å². The molecule has 3 aromatic carbocycles. The van der Waals surface area contributed by atoms with Crippen LogP contribution in [0.15, 0.2) is 72.3 Å². The Labute approximate surface area is 241 Å². The van der Waals surface area contributed by atoms with Gasteiger partial charge in [-0.3, -0.25) is 9.59 Å². The molecule has 0 radical (unpaired) electrons. The molecule has 3 aromatic rings. The Kier molecular flexibility index (Phi) is 8.62. The molecule has 0 spiro atoms. The number of unbranched alkanes of at least 4 members (excludes halogenated alkanes) is 2. The van der Waals surface area contributed by atoms with Gasteiger partial charge >= 0.3 is 0 Å². The van der Waals surface area contributed by atoms with Gasteiger partial charge in [-0.1, -0.05) is 56.2 Å². The summed E-state index contributed by atoms with van der Waals surface area (Å²) < 4.78 is 17.4. The molecule has 7 heteroatoms. The van der Waals surface area contributed by atoms with Gasteiger partial charge in [0.05, 0.1) is 25.3 Å². The van der Waals surface area contributed by atoms with E-state index in [1.54, 1.807) is 24.1 Å². The summed E-state index contributed by atoms with van der Waals surface area (Å²) in [5.41, 5.74) is 3.22. The average Bonchev–Trinajstić information content (AvgIpc) is 3.49. The lowest BCUT2D eigenvalue weighted by atomic mass is 9.94. The summed E-state index contributed by atoms with van der Waals surface area (Å²) in [6.07, 6.45) is 4.42. The molecule has 41 heavy (non-hydrogen) atoms. The van der Waals surface area contributed by atoms with Crippen molar-refractivity contribution in [1.29, 1.82) is 0 Å². The first-order chi connectivity index (χ1) is 19.9. The lowest BCUT2D eigenvalue weighted by Gasteiger charge is -2.26. The van der Waals surface area contributed by atoms with Crippen LogP contribution in [0, 0.1) is 0 Å². The number of rotatable bonds is 11. The van der Waals surface area contributed by atoms with Crippen molar-refractivity contribution >= 4 is 17.4 Å². The van der Waals surface area contributed by atoms with Gasteiger partial charge in [-0.15, -0.1) is 0 Å². The van der Waals surface area contributed by atoms with Crippen LogP contribution in [0.5, 0.6) is 17.2 Å². The molecule has 1 amide bonds. The quantitative estimate of drug-likeness (QED) is 0.130. The lowest BCUT2D eigenvalue weighted by Crippen LogP contribution is -2.31. The third-order valence-corrected chi connectivity index (χ3v) is 7.70. The Hall–Kier alpha value is -4.26. The largest absolute Gasteiger partial charge is 0.507 e. The molecular formula is C34H37NO6. The molecule has 0 aliphatic carbocycles. The molecule has 2 atom stereocenters. The zero-order valence-corrected chi connectivity index (χ0v) is 23.9. The van der Waals surface area contributed by atoms with Gasteiger partial charge < -0.3 is 24.2 Å². The number of amides is 1. The van der Waals surface area contributed by atoms with Crippen LogP contribution in [0.25, 0.3) is 5.76 Å². The van der Waals surface area contributed by atoms with E-state index in [2.05, 4.69) is 6.92 Å². The zero-order valence-electron chi connectivity index (χ0n) is 23.9. The first kappa shape index (κ1) is 28.3. The highest BCUT2D eigenvalue weighted by Gasteiger charge is 2.46. The van der Waals surface area contributed by atoms with Crippen LogP contribution >= 0.6 is 0 Å². The predicted octanol–water partition coefficient (Wildman–Crippen LogP) is 6.25. The number of hydrogen-bond acceptors (Lipinski definition) is 6. The first-order valence-corrected chi connectivity index (χ1v) is 14.3. The van der Waals surface area contributed by atoms with E-state index in [1.165, 1.54) is 0 Å². The molecule has 5 rings (SSSR count). The number of ether oxygens (including phenoxy) is 3. The SMILES string of the molecule is CCCCCOc1ccc(C2/C(=C(/O)c3ccc4c(c3)CC(C)O4)C(=O)C(=O)N2CCc2ccccc2)cc1OC. The van der Waals surface area contributed by atoms with E-state index in [9.17, 15) is 14.7 Å². The number of fused-ring (bicyclic) bond motifs is 1. The van der Waals surface area contributed by atoms with Crippen LogP contribution in [0.4, 0.5) is 0 Å². The number of aliphatic hydroxyl groups excluding tert-OH is 1. The molecule has 2 heterocycles. The average molecular weight is 556 g/mol. The smallest absolute Gasteiger partial charge is 0.295 e. The molecule has 0 aromatic heterocycles. The van der Waals surface area contributed by atoms with Gasteiger partial charge in [0.25, 0.3) is 11.7 Å². The second-order valence-electron chi connectivity index (χ2n) is 10.6. The summed E-state index contributed by atoms with van der Waals surface area (Å²) in [4.78, 5) is 28.6. The summed E-state index contributed by atoms with van der Waals surface area (Å²) >= 11 is 0. The van der Waals surface area contributed by atoms with E-state index in [-0.39, 0.29) is 17.4 Å². The number of carbonyl (C=O) groups excluding carboxylic acids is 2. The van der Waals surface area contributed by atoms with Gasteiger partial charge in [0.15, 0.2) is 11.5 Å². The van der Waals surface area contributed by atoms with E-state index in [4.69, 9.17) is 14.2 Å². The van der Waals surface area contributed by atoms with E-state index < -0.39 is 17.7 Å². The van der Waals surface area contributed by atoms with Gasteiger partial charge in [-0.05, 0) is 66.8 Å².